The van der Waals surface area contributed by atoms with Crippen molar-refractivity contribution in [2.45, 2.75) is 58.4 Å². The van der Waals surface area contributed by atoms with E-state index in [4.69, 9.17) is 0 Å². The summed E-state index contributed by atoms with van der Waals surface area (Å²) in [6, 6.07) is 7.55. The molecule has 20 heavy (non-hydrogen) atoms. The van der Waals surface area contributed by atoms with Gasteiger partial charge < -0.3 is 5.32 Å². The molecule has 0 aliphatic heterocycles. The molecule has 0 radical (unpaired) electrons. The van der Waals surface area contributed by atoms with Gasteiger partial charge in [0.05, 0.1) is 0 Å². The first-order valence-electron chi connectivity index (χ1n) is 8.20. The zero-order valence-corrected chi connectivity index (χ0v) is 12.9. The first kappa shape index (κ1) is 15.5. The third-order valence-corrected chi connectivity index (χ3v) is 4.87. The zero-order valence-electron chi connectivity index (χ0n) is 12.9. The summed E-state index contributed by atoms with van der Waals surface area (Å²) in [6.07, 6.45) is 7.81. The van der Waals surface area contributed by atoms with Crippen LogP contribution >= 0.6 is 0 Å². The van der Waals surface area contributed by atoms with Crippen LogP contribution in [0.2, 0.25) is 0 Å². The van der Waals surface area contributed by atoms with E-state index in [9.17, 15) is 4.39 Å². The molecule has 1 aliphatic rings. The van der Waals surface area contributed by atoms with Gasteiger partial charge in [-0.05, 0) is 55.3 Å². The van der Waals surface area contributed by atoms with Gasteiger partial charge in [0.15, 0.2) is 0 Å². The summed E-state index contributed by atoms with van der Waals surface area (Å²) in [4.78, 5) is 0. The molecule has 1 nitrogen and oxygen atoms in total. The molecule has 2 heteroatoms. The lowest BCUT2D eigenvalue weighted by Gasteiger charge is -2.34. The Morgan fingerprint density at radius 1 is 1.10 bits per heavy atom. The Morgan fingerprint density at radius 2 is 1.75 bits per heavy atom. The number of halogens is 1. The monoisotopic (exact) mass is 277 g/mol. The van der Waals surface area contributed by atoms with Crippen molar-refractivity contribution in [1.82, 2.24) is 5.32 Å². The number of benzene rings is 1. The topological polar surface area (TPSA) is 12.0 Å². The maximum absolute atomic E-state index is 13.0. The number of nitrogens with one attached hydrogen (secondary N) is 1. The predicted molar refractivity (Wildman–Crippen MR) is 83.3 cm³/mol. The fourth-order valence-electron chi connectivity index (χ4n) is 3.54. The van der Waals surface area contributed by atoms with E-state index >= 15 is 0 Å². The quantitative estimate of drug-likeness (QED) is 0.803. The summed E-state index contributed by atoms with van der Waals surface area (Å²) >= 11 is 0. The molecule has 0 amide bonds. The van der Waals surface area contributed by atoms with E-state index in [1.54, 1.807) is 12.1 Å². The molecule has 2 rings (SSSR count). The second-order valence-electron chi connectivity index (χ2n) is 6.18. The van der Waals surface area contributed by atoms with Crippen LogP contribution in [0.3, 0.4) is 0 Å². The lowest BCUT2D eigenvalue weighted by atomic mass is 9.76. The Kier molecular flexibility index (Phi) is 6.03. The molecule has 1 fully saturated rings. The van der Waals surface area contributed by atoms with E-state index in [-0.39, 0.29) is 5.82 Å². The fraction of sp³-hybridized carbons (Fsp3) is 0.667. The van der Waals surface area contributed by atoms with E-state index in [0.717, 1.165) is 24.8 Å². The average Bonchev–Trinajstić information content (AvgIpc) is 2.49. The number of likely N-dealkylation sites (N-methyl/N-ethyl adjacent to an activating group) is 1. The third kappa shape index (κ3) is 4.31. The van der Waals surface area contributed by atoms with Crippen molar-refractivity contribution in [1.29, 1.82) is 0 Å². The Hall–Kier alpha value is -0.890. The summed E-state index contributed by atoms with van der Waals surface area (Å²) in [5.74, 6) is 1.58. The molecule has 1 saturated carbocycles. The SMILES string of the molecule is CCNC(Cc1ccc(F)cc1)C1CCC(CC)CC1. The van der Waals surface area contributed by atoms with Gasteiger partial charge in [-0.1, -0.05) is 45.2 Å². The highest BCUT2D eigenvalue weighted by atomic mass is 19.1. The van der Waals surface area contributed by atoms with Crippen molar-refractivity contribution in [3.63, 3.8) is 0 Å². The highest BCUT2D eigenvalue weighted by molar-refractivity contribution is 5.17. The molecule has 1 unspecified atom stereocenters. The van der Waals surface area contributed by atoms with Crippen molar-refractivity contribution in [3.05, 3.63) is 35.6 Å². The Balaban J connectivity index is 1.94. The van der Waals surface area contributed by atoms with Gasteiger partial charge in [0, 0.05) is 6.04 Å². The molecule has 1 aromatic rings. The van der Waals surface area contributed by atoms with Gasteiger partial charge in [-0.25, -0.2) is 4.39 Å². The smallest absolute Gasteiger partial charge is 0.123 e. The minimum absolute atomic E-state index is 0.141. The van der Waals surface area contributed by atoms with E-state index in [1.165, 1.54) is 37.7 Å². The molecule has 1 aliphatic carbocycles. The second kappa shape index (κ2) is 7.78. The molecule has 112 valence electrons. The molecule has 0 saturated heterocycles. The van der Waals surface area contributed by atoms with Crippen LogP contribution in [0.4, 0.5) is 4.39 Å². The van der Waals surface area contributed by atoms with Crippen LogP contribution in [0.1, 0.15) is 51.5 Å². The molecule has 0 aromatic heterocycles. The second-order valence-corrected chi connectivity index (χ2v) is 6.18. The van der Waals surface area contributed by atoms with Gasteiger partial charge >= 0.3 is 0 Å². The van der Waals surface area contributed by atoms with Crippen LogP contribution in [0.25, 0.3) is 0 Å². The fourth-order valence-corrected chi connectivity index (χ4v) is 3.54. The van der Waals surface area contributed by atoms with Gasteiger partial charge in [-0.3, -0.25) is 0 Å². The molecule has 1 aromatic carbocycles. The summed E-state index contributed by atoms with van der Waals surface area (Å²) < 4.78 is 13.0. The first-order chi connectivity index (χ1) is 9.72. The van der Waals surface area contributed by atoms with Crippen molar-refractivity contribution < 1.29 is 4.39 Å². The number of hydrogen-bond donors (Lipinski definition) is 1. The summed E-state index contributed by atoms with van der Waals surface area (Å²) in [7, 11) is 0. The van der Waals surface area contributed by atoms with Crippen molar-refractivity contribution in [2.75, 3.05) is 6.54 Å². The first-order valence-corrected chi connectivity index (χ1v) is 8.20. The molecule has 0 bridgehead atoms. The van der Waals surface area contributed by atoms with Crippen LogP contribution in [-0.2, 0) is 6.42 Å². The maximum atomic E-state index is 13.0. The van der Waals surface area contributed by atoms with Crippen molar-refractivity contribution in [2.24, 2.45) is 11.8 Å². The predicted octanol–water partition coefficient (Wildman–Crippen LogP) is 4.56. The van der Waals surface area contributed by atoms with Gasteiger partial charge in [0.2, 0.25) is 0 Å². The van der Waals surface area contributed by atoms with E-state index in [2.05, 4.69) is 19.2 Å². The number of hydrogen-bond acceptors (Lipinski definition) is 1. The Labute approximate surface area is 123 Å². The van der Waals surface area contributed by atoms with Crippen LogP contribution in [0, 0.1) is 17.7 Å². The van der Waals surface area contributed by atoms with Crippen LogP contribution in [0.5, 0.6) is 0 Å². The van der Waals surface area contributed by atoms with E-state index in [0.29, 0.717) is 6.04 Å². The molecule has 1 atom stereocenters. The molecular formula is C18H28FN. The van der Waals surface area contributed by atoms with Crippen LogP contribution in [0.15, 0.2) is 24.3 Å². The lowest BCUT2D eigenvalue weighted by Crippen LogP contribution is -2.39. The Morgan fingerprint density at radius 3 is 2.30 bits per heavy atom. The van der Waals surface area contributed by atoms with Crippen molar-refractivity contribution in [3.8, 4) is 0 Å². The molecule has 0 spiro atoms. The summed E-state index contributed by atoms with van der Waals surface area (Å²) in [5.41, 5.74) is 1.25. The van der Waals surface area contributed by atoms with E-state index < -0.39 is 0 Å². The minimum Gasteiger partial charge on any atom is -0.314 e. The Bertz CT molecular complexity index is 379. The highest BCUT2D eigenvalue weighted by Crippen LogP contribution is 2.33. The molecular weight excluding hydrogens is 249 g/mol. The lowest BCUT2D eigenvalue weighted by molar-refractivity contribution is 0.218. The summed E-state index contributed by atoms with van der Waals surface area (Å²) in [5, 5.41) is 3.65. The molecule has 1 N–H and O–H groups in total. The van der Waals surface area contributed by atoms with Gasteiger partial charge in [-0.2, -0.15) is 0 Å². The van der Waals surface area contributed by atoms with Gasteiger partial charge in [0.1, 0.15) is 5.82 Å². The highest BCUT2D eigenvalue weighted by Gasteiger charge is 2.26. The van der Waals surface area contributed by atoms with Gasteiger partial charge in [-0.15, -0.1) is 0 Å². The van der Waals surface area contributed by atoms with E-state index in [1.807, 2.05) is 12.1 Å². The minimum atomic E-state index is -0.141. The average molecular weight is 277 g/mol. The zero-order chi connectivity index (χ0) is 14.4. The van der Waals surface area contributed by atoms with Gasteiger partial charge in [0.25, 0.3) is 0 Å². The molecule has 0 heterocycles. The standard InChI is InChI=1S/C18H28FN/c1-3-14-5-9-16(10-6-14)18(20-4-2)13-15-7-11-17(19)12-8-15/h7-8,11-12,14,16,18,20H,3-6,9-10,13H2,1-2H3. The summed E-state index contributed by atoms with van der Waals surface area (Å²) in [6.45, 7) is 5.50. The van der Waals surface area contributed by atoms with Crippen LogP contribution in [-0.4, -0.2) is 12.6 Å². The van der Waals surface area contributed by atoms with Crippen molar-refractivity contribution >= 4 is 0 Å². The number of rotatable bonds is 6. The maximum Gasteiger partial charge on any atom is 0.123 e. The third-order valence-electron chi connectivity index (χ3n) is 4.87. The van der Waals surface area contributed by atoms with Crippen LogP contribution < -0.4 is 5.32 Å². The normalized spacial score (nSPS) is 24.6. The largest absolute Gasteiger partial charge is 0.314 e.